The van der Waals surface area contributed by atoms with Crippen molar-refractivity contribution in [3.05, 3.63) is 29.8 Å². The average molecular weight is 379 g/mol. The molecule has 1 aliphatic rings. The summed E-state index contributed by atoms with van der Waals surface area (Å²) in [5.74, 6) is 0.0848. The van der Waals surface area contributed by atoms with Crippen LogP contribution >= 0.6 is 0 Å². The van der Waals surface area contributed by atoms with Crippen LogP contribution in [0.2, 0.25) is 0 Å². The Labute approximate surface area is 144 Å². The molecule has 6 nitrogen and oxygen atoms in total. The molecule has 0 unspecified atom stereocenters. The second kappa shape index (κ2) is 7.61. The topological polar surface area (TPSA) is 78.5 Å². The molecule has 1 aromatic rings. The summed E-state index contributed by atoms with van der Waals surface area (Å²) in [4.78, 5) is 11.9. The summed E-state index contributed by atoms with van der Waals surface area (Å²) in [6.45, 7) is 1.03. The Bertz CT molecular complexity index is 714. The van der Waals surface area contributed by atoms with Crippen molar-refractivity contribution in [1.29, 1.82) is 0 Å². The molecular weight excluding hydrogens is 359 g/mol. The number of benzene rings is 1. The predicted molar refractivity (Wildman–Crippen MR) is 87.6 cm³/mol. The number of nitrogens with one attached hydrogen (secondary N) is 2. The number of carbonyl (C=O) groups is 1. The third kappa shape index (κ3) is 5.60. The summed E-state index contributed by atoms with van der Waals surface area (Å²) in [5, 5.41) is 4.76. The zero-order chi connectivity index (χ0) is 18.7. The maximum atomic E-state index is 12.9. The van der Waals surface area contributed by atoms with Crippen molar-refractivity contribution < 1.29 is 26.4 Å². The average Bonchev–Trinajstić information content (AvgIpc) is 2.52. The van der Waals surface area contributed by atoms with E-state index in [-0.39, 0.29) is 18.2 Å². The van der Waals surface area contributed by atoms with Gasteiger partial charge in [0.15, 0.2) is 0 Å². The number of para-hydroxylation sites is 1. The highest BCUT2D eigenvalue weighted by Gasteiger charge is 2.33. The van der Waals surface area contributed by atoms with Crippen LogP contribution in [0.3, 0.4) is 0 Å². The molecule has 0 aromatic heterocycles. The van der Waals surface area contributed by atoms with E-state index in [0.717, 1.165) is 12.3 Å². The normalized spacial score (nSPS) is 17.3. The summed E-state index contributed by atoms with van der Waals surface area (Å²) >= 11 is 0. The molecule has 0 saturated carbocycles. The first-order valence-electron chi connectivity index (χ1n) is 7.73. The Morgan fingerprint density at radius 2 is 1.84 bits per heavy atom. The predicted octanol–water partition coefficient (Wildman–Crippen LogP) is 2.50. The number of sulfonamides is 1. The van der Waals surface area contributed by atoms with Gasteiger partial charge in [-0.05, 0) is 30.9 Å². The Hall–Kier alpha value is -1.81. The molecule has 1 fully saturated rings. The van der Waals surface area contributed by atoms with Gasteiger partial charge in [-0.15, -0.1) is 0 Å². The minimum absolute atomic E-state index is 0.0848. The molecule has 1 saturated heterocycles. The molecule has 140 valence electrons. The molecule has 25 heavy (non-hydrogen) atoms. The van der Waals surface area contributed by atoms with Gasteiger partial charge >= 0.3 is 12.2 Å². The zero-order valence-electron chi connectivity index (χ0n) is 13.6. The lowest BCUT2D eigenvalue weighted by molar-refractivity contribution is -0.136. The lowest BCUT2D eigenvalue weighted by atomic mass is 9.98. The summed E-state index contributed by atoms with van der Waals surface area (Å²) in [6, 6.07) is 4.03. The molecule has 1 aromatic carbocycles. The van der Waals surface area contributed by atoms with Gasteiger partial charge in [0.05, 0.1) is 17.5 Å². The lowest BCUT2D eigenvalue weighted by Crippen LogP contribution is -2.41. The van der Waals surface area contributed by atoms with Crippen LogP contribution in [-0.4, -0.2) is 44.6 Å². The van der Waals surface area contributed by atoms with Gasteiger partial charge in [-0.25, -0.2) is 17.5 Å². The number of alkyl halides is 3. The van der Waals surface area contributed by atoms with Crippen LogP contribution in [0, 0.1) is 5.92 Å². The van der Waals surface area contributed by atoms with Gasteiger partial charge < -0.3 is 10.6 Å². The van der Waals surface area contributed by atoms with Crippen LogP contribution in [0.5, 0.6) is 0 Å². The Balaban J connectivity index is 1.85. The molecular formula is C15H20F3N3O3S. The number of halogens is 3. The van der Waals surface area contributed by atoms with Crippen molar-refractivity contribution in [3.63, 3.8) is 0 Å². The SMILES string of the molecule is CS(=O)(=O)N1CCC(CNC(=O)Nc2ccccc2C(F)(F)F)CC1. The van der Waals surface area contributed by atoms with Gasteiger partial charge in [-0.3, -0.25) is 0 Å². The monoisotopic (exact) mass is 379 g/mol. The molecule has 10 heteroatoms. The number of hydrogen-bond acceptors (Lipinski definition) is 3. The number of anilines is 1. The molecule has 2 amide bonds. The van der Waals surface area contributed by atoms with Crippen LogP contribution in [0.4, 0.5) is 23.7 Å². The largest absolute Gasteiger partial charge is 0.418 e. The van der Waals surface area contributed by atoms with Crippen LogP contribution in [0.15, 0.2) is 24.3 Å². The van der Waals surface area contributed by atoms with Crippen LogP contribution in [0.1, 0.15) is 18.4 Å². The number of piperidine rings is 1. The summed E-state index contributed by atoms with van der Waals surface area (Å²) < 4.78 is 62.9. The van der Waals surface area contributed by atoms with Crippen molar-refractivity contribution in [2.75, 3.05) is 31.2 Å². The van der Waals surface area contributed by atoms with Gasteiger partial charge in [0.1, 0.15) is 0 Å². The van der Waals surface area contributed by atoms with E-state index in [1.54, 1.807) is 0 Å². The quantitative estimate of drug-likeness (QED) is 0.844. The zero-order valence-corrected chi connectivity index (χ0v) is 14.5. The van der Waals surface area contributed by atoms with E-state index in [2.05, 4.69) is 10.6 Å². The van der Waals surface area contributed by atoms with Crippen molar-refractivity contribution in [2.24, 2.45) is 5.92 Å². The van der Waals surface area contributed by atoms with Gasteiger partial charge in [-0.1, -0.05) is 12.1 Å². The van der Waals surface area contributed by atoms with Crippen LogP contribution < -0.4 is 10.6 Å². The van der Waals surface area contributed by atoms with E-state index in [1.807, 2.05) is 0 Å². The fourth-order valence-electron chi connectivity index (χ4n) is 2.69. The van der Waals surface area contributed by atoms with E-state index < -0.39 is 27.8 Å². The van der Waals surface area contributed by atoms with Gasteiger partial charge in [0, 0.05) is 19.6 Å². The highest BCUT2D eigenvalue weighted by Crippen LogP contribution is 2.34. The molecule has 2 rings (SSSR count). The molecule has 0 aliphatic carbocycles. The summed E-state index contributed by atoms with van der Waals surface area (Å²) in [6.07, 6.45) is -2.22. The van der Waals surface area contributed by atoms with Crippen molar-refractivity contribution in [2.45, 2.75) is 19.0 Å². The van der Waals surface area contributed by atoms with E-state index >= 15 is 0 Å². The highest BCUT2D eigenvalue weighted by molar-refractivity contribution is 7.88. The number of rotatable bonds is 4. The van der Waals surface area contributed by atoms with Gasteiger partial charge in [0.2, 0.25) is 10.0 Å². The van der Waals surface area contributed by atoms with E-state index in [9.17, 15) is 26.4 Å². The number of nitrogens with zero attached hydrogens (tertiary/aromatic N) is 1. The first-order chi connectivity index (χ1) is 11.6. The van der Waals surface area contributed by atoms with Crippen molar-refractivity contribution in [3.8, 4) is 0 Å². The fourth-order valence-corrected chi connectivity index (χ4v) is 3.56. The number of carbonyl (C=O) groups excluding carboxylic acids is 1. The Morgan fingerprint density at radius 1 is 1.24 bits per heavy atom. The first-order valence-corrected chi connectivity index (χ1v) is 9.58. The van der Waals surface area contributed by atoms with Crippen molar-refractivity contribution >= 4 is 21.7 Å². The molecule has 2 N–H and O–H groups in total. The van der Waals surface area contributed by atoms with Gasteiger partial charge in [-0.2, -0.15) is 13.2 Å². The van der Waals surface area contributed by atoms with Crippen LogP contribution in [0.25, 0.3) is 0 Å². The number of hydrogen-bond donors (Lipinski definition) is 2. The second-order valence-corrected chi connectivity index (χ2v) is 7.97. The van der Waals surface area contributed by atoms with E-state index in [4.69, 9.17) is 0 Å². The molecule has 0 radical (unpaired) electrons. The molecule has 0 atom stereocenters. The fraction of sp³-hybridized carbons (Fsp3) is 0.533. The number of urea groups is 1. The smallest absolute Gasteiger partial charge is 0.338 e. The lowest BCUT2D eigenvalue weighted by Gasteiger charge is -2.30. The Morgan fingerprint density at radius 3 is 2.40 bits per heavy atom. The third-order valence-corrected chi connectivity index (χ3v) is 5.38. The first kappa shape index (κ1) is 19.5. The Kier molecular flexibility index (Phi) is 5.94. The molecule has 0 bridgehead atoms. The minimum atomic E-state index is -4.55. The van der Waals surface area contributed by atoms with Crippen molar-refractivity contribution in [1.82, 2.24) is 9.62 Å². The minimum Gasteiger partial charge on any atom is -0.338 e. The van der Waals surface area contributed by atoms with E-state index in [0.29, 0.717) is 25.9 Å². The third-order valence-electron chi connectivity index (χ3n) is 4.07. The summed E-state index contributed by atoms with van der Waals surface area (Å²) in [7, 11) is -3.21. The number of amides is 2. The second-order valence-electron chi connectivity index (χ2n) is 5.98. The maximum absolute atomic E-state index is 12.9. The molecule has 1 aliphatic heterocycles. The molecule has 1 heterocycles. The van der Waals surface area contributed by atoms with Gasteiger partial charge in [0.25, 0.3) is 0 Å². The molecule has 0 spiro atoms. The van der Waals surface area contributed by atoms with E-state index in [1.165, 1.54) is 22.5 Å². The highest BCUT2D eigenvalue weighted by atomic mass is 32.2. The summed E-state index contributed by atoms with van der Waals surface area (Å²) in [5.41, 5.74) is -1.22. The van der Waals surface area contributed by atoms with Crippen LogP contribution in [-0.2, 0) is 16.2 Å². The maximum Gasteiger partial charge on any atom is 0.418 e. The standard InChI is InChI=1S/C15H20F3N3O3S/c1-25(23,24)21-8-6-11(7-9-21)10-19-14(22)20-13-5-3-2-4-12(13)15(16,17)18/h2-5,11H,6-10H2,1H3,(H2,19,20,22).